The van der Waals surface area contributed by atoms with E-state index in [0.29, 0.717) is 11.4 Å². The molecule has 1 amide bonds. The van der Waals surface area contributed by atoms with Crippen molar-refractivity contribution in [2.45, 2.75) is 69.9 Å². The molecule has 1 aliphatic heterocycles. The minimum absolute atomic E-state index is 0.0934. The number of rotatable bonds is 12. The summed E-state index contributed by atoms with van der Waals surface area (Å²) < 4.78 is 45.5. The number of carbonyl (C=O) groups is 2. The molecule has 1 N–H and O–H groups in total. The van der Waals surface area contributed by atoms with E-state index in [2.05, 4.69) is 17.0 Å². The number of thioether (sulfide) groups is 1. The standard InChI is InChI=1S/C22H28F3NO4S/c1-3-4-5-6-7-8-13-21(2)18(14-20(28)31-21)29-15-19(27)26-16-9-11-17(12-10-16)30-22(23,24)25/h9-12,14H,3-8,13,15H2,1-2H3,(H,26,27). The summed E-state index contributed by atoms with van der Waals surface area (Å²) in [5, 5.41) is 2.45. The number of nitrogens with one attached hydrogen (secondary N) is 1. The fourth-order valence-electron chi connectivity index (χ4n) is 3.25. The minimum atomic E-state index is -4.77. The molecule has 31 heavy (non-hydrogen) atoms. The molecule has 0 radical (unpaired) electrons. The fourth-order valence-corrected chi connectivity index (χ4v) is 4.33. The Labute approximate surface area is 184 Å². The number of amides is 1. The first-order valence-corrected chi connectivity index (χ1v) is 11.2. The highest BCUT2D eigenvalue weighted by molar-refractivity contribution is 8.15. The van der Waals surface area contributed by atoms with Gasteiger partial charge in [0.15, 0.2) is 6.61 Å². The number of halogens is 3. The Morgan fingerprint density at radius 2 is 1.74 bits per heavy atom. The largest absolute Gasteiger partial charge is 0.573 e. The average molecular weight is 460 g/mol. The lowest BCUT2D eigenvalue weighted by Gasteiger charge is -2.26. The second kappa shape index (κ2) is 11.5. The molecular formula is C22H28F3NO4S. The van der Waals surface area contributed by atoms with E-state index in [1.165, 1.54) is 49.2 Å². The lowest BCUT2D eigenvalue weighted by Crippen LogP contribution is -2.26. The second-order valence-corrected chi connectivity index (χ2v) is 9.09. The molecule has 1 atom stereocenters. The first kappa shape index (κ1) is 25.1. The van der Waals surface area contributed by atoms with E-state index in [-0.39, 0.29) is 17.5 Å². The quantitative estimate of drug-likeness (QED) is 0.377. The molecule has 9 heteroatoms. The molecule has 1 aromatic carbocycles. The SMILES string of the molecule is CCCCCCCCC1(C)SC(=O)C=C1OCC(=O)Nc1ccc(OC(F)(F)F)cc1. The van der Waals surface area contributed by atoms with Gasteiger partial charge in [-0.1, -0.05) is 57.2 Å². The molecule has 5 nitrogen and oxygen atoms in total. The minimum Gasteiger partial charge on any atom is -0.486 e. The Bertz CT molecular complexity index is 780. The monoisotopic (exact) mass is 459 g/mol. The molecule has 0 spiro atoms. The van der Waals surface area contributed by atoms with Crippen molar-refractivity contribution in [3.63, 3.8) is 0 Å². The number of hydrogen-bond acceptors (Lipinski definition) is 5. The molecule has 2 rings (SSSR count). The van der Waals surface area contributed by atoms with Crippen LogP contribution in [0.2, 0.25) is 0 Å². The Hall–Kier alpha value is -2.16. The summed E-state index contributed by atoms with van der Waals surface area (Å²) in [5.74, 6) is -0.365. The first-order chi connectivity index (χ1) is 14.6. The maximum Gasteiger partial charge on any atom is 0.573 e. The highest BCUT2D eigenvalue weighted by Gasteiger charge is 2.39. The summed E-state index contributed by atoms with van der Waals surface area (Å²) in [4.78, 5) is 24.1. The van der Waals surface area contributed by atoms with Crippen molar-refractivity contribution in [1.29, 1.82) is 0 Å². The van der Waals surface area contributed by atoms with Gasteiger partial charge in [0.25, 0.3) is 5.91 Å². The number of carbonyl (C=O) groups excluding carboxylic acids is 2. The van der Waals surface area contributed by atoms with E-state index in [1.807, 2.05) is 6.92 Å². The first-order valence-electron chi connectivity index (χ1n) is 10.3. The molecule has 0 bridgehead atoms. The van der Waals surface area contributed by atoms with Crippen LogP contribution >= 0.6 is 11.8 Å². The lowest BCUT2D eigenvalue weighted by atomic mass is 9.99. The summed E-state index contributed by atoms with van der Waals surface area (Å²) in [7, 11) is 0. The van der Waals surface area contributed by atoms with Gasteiger partial charge in [0.1, 0.15) is 11.5 Å². The molecule has 1 heterocycles. The number of benzene rings is 1. The van der Waals surface area contributed by atoms with Crippen molar-refractivity contribution in [1.82, 2.24) is 0 Å². The predicted molar refractivity (Wildman–Crippen MR) is 115 cm³/mol. The summed E-state index contributed by atoms with van der Waals surface area (Å²) in [5.41, 5.74) is 0.309. The van der Waals surface area contributed by atoms with Gasteiger partial charge in [-0.3, -0.25) is 9.59 Å². The van der Waals surface area contributed by atoms with Gasteiger partial charge in [0.05, 0.1) is 4.75 Å². The molecule has 0 aliphatic carbocycles. The third-order valence-electron chi connectivity index (χ3n) is 4.83. The average Bonchev–Trinajstić information content (AvgIpc) is 2.97. The van der Waals surface area contributed by atoms with E-state index in [0.717, 1.165) is 37.8 Å². The molecule has 1 aliphatic rings. The Balaban J connectivity index is 1.81. The maximum atomic E-state index is 12.2. The molecular weight excluding hydrogens is 431 g/mol. The van der Waals surface area contributed by atoms with E-state index in [4.69, 9.17) is 4.74 Å². The zero-order chi connectivity index (χ0) is 22.9. The van der Waals surface area contributed by atoms with E-state index in [1.54, 1.807) is 0 Å². The van der Waals surface area contributed by atoms with Crippen LogP contribution in [0.1, 0.15) is 58.8 Å². The van der Waals surface area contributed by atoms with Crippen LogP contribution in [-0.4, -0.2) is 28.7 Å². The molecule has 172 valence electrons. The van der Waals surface area contributed by atoms with E-state index in [9.17, 15) is 22.8 Å². The van der Waals surface area contributed by atoms with Crippen LogP contribution in [0.5, 0.6) is 5.75 Å². The number of hydrogen-bond donors (Lipinski definition) is 1. The Kier molecular flexibility index (Phi) is 9.28. The van der Waals surface area contributed by atoms with Gasteiger partial charge in [-0.25, -0.2) is 0 Å². The van der Waals surface area contributed by atoms with Gasteiger partial charge in [-0.2, -0.15) is 0 Å². The van der Waals surface area contributed by atoms with Crippen molar-refractivity contribution in [3.05, 3.63) is 36.1 Å². The number of anilines is 1. The topological polar surface area (TPSA) is 64.6 Å². The van der Waals surface area contributed by atoms with Crippen LogP contribution in [0.3, 0.4) is 0 Å². The van der Waals surface area contributed by atoms with Gasteiger partial charge in [0.2, 0.25) is 5.12 Å². The second-order valence-electron chi connectivity index (χ2n) is 7.59. The molecule has 1 aromatic rings. The van der Waals surface area contributed by atoms with Crippen LogP contribution < -0.4 is 10.1 Å². The molecule has 0 fully saturated rings. The normalized spacial score (nSPS) is 18.6. The van der Waals surface area contributed by atoms with Crippen LogP contribution in [0.4, 0.5) is 18.9 Å². The molecule has 0 aromatic heterocycles. The number of ether oxygens (including phenoxy) is 2. The highest BCUT2D eigenvalue weighted by atomic mass is 32.2. The molecule has 1 unspecified atom stereocenters. The summed E-state index contributed by atoms with van der Waals surface area (Å²) >= 11 is 1.21. The van der Waals surface area contributed by atoms with Crippen molar-refractivity contribution < 1.29 is 32.2 Å². The van der Waals surface area contributed by atoms with Crippen LogP contribution in [0.25, 0.3) is 0 Å². The lowest BCUT2D eigenvalue weighted by molar-refractivity contribution is -0.274. The zero-order valence-corrected chi connectivity index (χ0v) is 18.5. The third kappa shape index (κ3) is 8.85. The van der Waals surface area contributed by atoms with E-state index < -0.39 is 17.0 Å². The van der Waals surface area contributed by atoms with Gasteiger partial charge < -0.3 is 14.8 Å². The summed E-state index contributed by atoms with van der Waals surface area (Å²) in [6.45, 7) is 3.81. The third-order valence-corrected chi connectivity index (χ3v) is 6.01. The smallest absolute Gasteiger partial charge is 0.486 e. The van der Waals surface area contributed by atoms with Gasteiger partial charge >= 0.3 is 6.36 Å². The summed E-state index contributed by atoms with van der Waals surface area (Å²) in [6.07, 6.45) is 4.29. The maximum absolute atomic E-state index is 12.2. The number of unbranched alkanes of at least 4 members (excludes halogenated alkanes) is 5. The number of alkyl halides is 3. The molecule has 0 saturated carbocycles. The predicted octanol–water partition coefficient (Wildman–Crippen LogP) is 6.21. The molecule has 0 saturated heterocycles. The zero-order valence-electron chi connectivity index (χ0n) is 17.7. The van der Waals surface area contributed by atoms with Crippen molar-refractivity contribution in [3.8, 4) is 5.75 Å². The summed E-state index contributed by atoms with van der Waals surface area (Å²) in [6, 6.07) is 4.82. The Morgan fingerprint density at radius 1 is 1.10 bits per heavy atom. The highest BCUT2D eigenvalue weighted by Crippen LogP contribution is 2.44. The van der Waals surface area contributed by atoms with Crippen molar-refractivity contribution >= 4 is 28.5 Å². The van der Waals surface area contributed by atoms with Gasteiger partial charge in [-0.05, 0) is 37.6 Å². The van der Waals surface area contributed by atoms with E-state index >= 15 is 0 Å². The van der Waals surface area contributed by atoms with Gasteiger partial charge in [0, 0.05) is 11.8 Å². The Morgan fingerprint density at radius 3 is 2.39 bits per heavy atom. The van der Waals surface area contributed by atoms with Crippen LogP contribution in [0.15, 0.2) is 36.1 Å². The van der Waals surface area contributed by atoms with Gasteiger partial charge in [-0.15, -0.1) is 13.2 Å². The van der Waals surface area contributed by atoms with Crippen molar-refractivity contribution in [2.24, 2.45) is 0 Å². The van der Waals surface area contributed by atoms with Crippen molar-refractivity contribution in [2.75, 3.05) is 11.9 Å². The fraction of sp³-hybridized carbons (Fsp3) is 0.545. The van der Waals surface area contributed by atoms with Crippen LogP contribution in [-0.2, 0) is 14.3 Å². The van der Waals surface area contributed by atoms with Crippen LogP contribution in [0, 0.1) is 0 Å².